The summed E-state index contributed by atoms with van der Waals surface area (Å²) in [5.41, 5.74) is 4.81. The molecule has 2 nitrogen and oxygen atoms in total. The topological polar surface area (TPSA) is 46.2 Å². The highest BCUT2D eigenvalue weighted by molar-refractivity contribution is 5.85. The molecule has 3 N–H and O–H groups in total. The van der Waals surface area contributed by atoms with Crippen LogP contribution in [-0.2, 0) is 0 Å². The summed E-state index contributed by atoms with van der Waals surface area (Å²) in [7, 11) is 0. The van der Waals surface area contributed by atoms with Crippen LogP contribution in [0.4, 0.5) is 8.78 Å². The van der Waals surface area contributed by atoms with Gasteiger partial charge in [-0.3, -0.25) is 0 Å². The third-order valence-corrected chi connectivity index (χ3v) is 2.56. The van der Waals surface area contributed by atoms with Crippen molar-refractivity contribution in [2.45, 2.75) is 19.9 Å². The number of halogens is 3. The van der Waals surface area contributed by atoms with E-state index in [1.165, 1.54) is 6.07 Å². The standard InChI is InChI=1S/C11H15F2NO.ClH/c1-11(2,6-15)10(14)9-7(12)4-3-5-8(9)13;/h3-5,10,15H,6,14H2,1-2H3;1H/t10-;/m0./s1. The van der Waals surface area contributed by atoms with Crippen molar-refractivity contribution in [3.8, 4) is 0 Å². The maximum absolute atomic E-state index is 13.4. The summed E-state index contributed by atoms with van der Waals surface area (Å²) < 4.78 is 26.7. The number of benzene rings is 1. The lowest BCUT2D eigenvalue weighted by atomic mass is 9.81. The van der Waals surface area contributed by atoms with Gasteiger partial charge in [0.25, 0.3) is 0 Å². The Morgan fingerprint density at radius 1 is 1.31 bits per heavy atom. The van der Waals surface area contributed by atoms with Gasteiger partial charge in [0, 0.05) is 23.6 Å². The highest BCUT2D eigenvalue weighted by Gasteiger charge is 2.30. The maximum Gasteiger partial charge on any atom is 0.130 e. The molecular formula is C11H16ClF2NO. The van der Waals surface area contributed by atoms with Crippen LogP contribution in [0.25, 0.3) is 0 Å². The van der Waals surface area contributed by atoms with Gasteiger partial charge < -0.3 is 10.8 Å². The minimum absolute atomic E-state index is 0. The zero-order valence-electron chi connectivity index (χ0n) is 9.21. The average molecular weight is 252 g/mol. The molecule has 92 valence electrons. The lowest BCUT2D eigenvalue weighted by molar-refractivity contribution is 0.129. The molecule has 0 aliphatic rings. The predicted molar refractivity (Wildman–Crippen MR) is 61.4 cm³/mol. The summed E-state index contributed by atoms with van der Waals surface area (Å²) >= 11 is 0. The zero-order chi connectivity index (χ0) is 11.6. The van der Waals surface area contributed by atoms with Crippen molar-refractivity contribution in [2.75, 3.05) is 6.61 Å². The van der Waals surface area contributed by atoms with E-state index >= 15 is 0 Å². The van der Waals surface area contributed by atoms with Crippen LogP contribution < -0.4 is 5.73 Å². The summed E-state index contributed by atoms with van der Waals surface area (Å²) in [6.07, 6.45) is 0. The summed E-state index contributed by atoms with van der Waals surface area (Å²) in [6.45, 7) is 3.08. The number of hydrogen-bond donors (Lipinski definition) is 2. The highest BCUT2D eigenvalue weighted by atomic mass is 35.5. The monoisotopic (exact) mass is 251 g/mol. The quantitative estimate of drug-likeness (QED) is 0.867. The molecule has 5 heteroatoms. The van der Waals surface area contributed by atoms with Gasteiger partial charge in [-0.15, -0.1) is 12.4 Å². The van der Waals surface area contributed by atoms with E-state index in [2.05, 4.69) is 0 Å². The summed E-state index contributed by atoms with van der Waals surface area (Å²) in [4.78, 5) is 0. The minimum Gasteiger partial charge on any atom is -0.396 e. The first-order chi connectivity index (χ1) is 6.90. The molecule has 16 heavy (non-hydrogen) atoms. The number of aliphatic hydroxyl groups excluding tert-OH is 1. The van der Waals surface area contributed by atoms with Crippen molar-refractivity contribution < 1.29 is 13.9 Å². The summed E-state index contributed by atoms with van der Waals surface area (Å²) in [5, 5.41) is 9.08. The Labute approximate surface area is 99.9 Å². The van der Waals surface area contributed by atoms with E-state index in [0.29, 0.717) is 0 Å². The van der Waals surface area contributed by atoms with Crippen LogP contribution in [0.15, 0.2) is 18.2 Å². The first-order valence-electron chi connectivity index (χ1n) is 4.70. The average Bonchev–Trinajstić information content (AvgIpc) is 2.17. The second-order valence-electron chi connectivity index (χ2n) is 4.26. The summed E-state index contributed by atoms with van der Waals surface area (Å²) in [6, 6.07) is 2.73. The van der Waals surface area contributed by atoms with Crippen molar-refractivity contribution in [2.24, 2.45) is 11.1 Å². The molecule has 0 heterocycles. The first-order valence-corrected chi connectivity index (χ1v) is 4.70. The molecule has 0 fully saturated rings. The van der Waals surface area contributed by atoms with Gasteiger partial charge in [0.2, 0.25) is 0 Å². The van der Waals surface area contributed by atoms with Gasteiger partial charge in [-0.05, 0) is 12.1 Å². The van der Waals surface area contributed by atoms with E-state index in [0.717, 1.165) is 12.1 Å². The van der Waals surface area contributed by atoms with Gasteiger partial charge in [0.15, 0.2) is 0 Å². The fourth-order valence-electron chi connectivity index (χ4n) is 1.30. The molecule has 0 amide bonds. The van der Waals surface area contributed by atoms with Crippen molar-refractivity contribution >= 4 is 12.4 Å². The molecule has 0 unspecified atom stereocenters. The Balaban J connectivity index is 0.00000225. The van der Waals surface area contributed by atoms with Crippen LogP contribution in [0.5, 0.6) is 0 Å². The van der Waals surface area contributed by atoms with Crippen LogP contribution in [0.2, 0.25) is 0 Å². The molecule has 0 aliphatic heterocycles. The van der Waals surface area contributed by atoms with Crippen LogP contribution >= 0.6 is 12.4 Å². The SMILES string of the molecule is CC(C)(CO)[C@@H](N)c1c(F)cccc1F.Cl. The lowest BCUT2D eigenvalue weighted by Gasteiger charge is -2.30. The largest absolute Gasteiger partial charge is 0.396 e. The molecule has 0 saturated carbocycles. The summed E-state index contributed by atoms with van der Waals surface area (Å²) in [5.74, 6) is -1.35. The van der Waals surface area contributed by atoms with Gasteiger partial charge in [0.1, 0.15) is 11.6 Å². The van der Waals surface area contributed by atoms with Gasteiger partial charge >= 0.3 is 0 Å². The lowest BCUT2D eigenvalue weighted by Crippen LogP contribution is -2.33. The third-order valence-electron chi connectivity index (χ3n) is 2.56. The Hall–Kier alpha value is -0.710. The van der Waals surface area contributed by atoms with Gasteiger partial charge in [0.05, 0.1) is 0 Å². The van der Waals surface area contributed by atoms with Crippen LogP contribution in [0, 0.1) is 17.0 Å². The molecule has 0 aromatic heterocycles. The van der Waals surface area contributed by atoms with E-state index in [4.69, 9.17) is 10.8 Å². The van der Waals surface area contributed by atoms with Crippen LogP contribution in [0.1, 0.15) is 25.5 Å². The highest BCUT2D eigenvalue weighted by Crippen LogP contribution is 2.33. The second-order valence-corrected chi connectivity index (χ2v) is 4.26. The van der Waals surface area contributed by atoms with E-state index in [1.807, 2.05) is 0 Å². The normalized spacial score (nSPS) is 13.1. The second kappa shape index (κ2) is 5.57. The molecule has 1 rings (SSSR count). The Morgan fingerprint density at radius 3 is 2.12 bits per heavy atom. The van der Waals surface area contributed by atoms with Crippen molar-refractivity contribution in [3.05, 3.63) is 35.4 Å². The Bertz CT molecular complexity index is 338. The molecular weight excluding hydrogens is 236 g/mol. The molecule has 0 spiro atoms. The maximum atomic E-state index is 13.4. The molecule has 0 aliphatic carbocycles. The number of nitrogens with two attached hydrogens (primary N) is 1. The fourth-order valence-corrected chi connectivity index (χ4v) is 1.30. The fraction of sp³-hybridized carbons (Fsp3) is 0.455. The predicted octanol–water partition coefficient (Wildman–Crippen LogP) is 2.40. The first kappa shape index (κ1) is 15.3. The smallest absolute Gasteiger partial charge is 0.130 e. The zero-order valence-corrected chi connectivity index (χ0v) is 10.0. The van der Waals surface area contributed by atoms with Crippen molar-refractivity contribution in [3.63, 3.8) is 0 Å². The molecule has 0 radical (unpaired) electrons. The van der Waals surface area contributed by atoms with Crippen molar-refractivity contribution in [1.82, 2.24) is 0 Å². The molecule has 1 aromatic rings. The number of aliphatic hydroxyl groups is 1. The molecule has 1 atom stereocenters. The van der Waals surface area contributed by atoms with E-state index in [9.17, 15) is 8.78 Å². The van der Waals surface area contributed by atoms with Gasteiger partial charge in [-0.1, -0.05) is 19.9 Å². The van der Waals surface area contributed by atoms with Crippen molar-refractivity contribution in [1.29, 1.82) is 0 Å². The number of hydrogen-bond acceptors (Lipinski definition) is 2. The van der Waals surface area contributed by atoms with Crippen LogP contribution in [0.3, 0.4) is 0 Å². The van der Waals surface area contributed by atoms with Gasteiger partial charge in [-0.25, -0.2) is 8.78 Å². The molecule has 0 saturated heterocycles. The van der Waals surface area contributed by atoms with Crippen LogP contribution in [-0.4, -0.2) is 11.7 Å². The van der Waals surface area contributed by atoms with E-state index in [1.54, 1.807) is 13.8 Å². The molecule has 0 bridgehead atoms. The Kier molecular flexibility index (Phi) is 5.32. The third kappa shape index (κ3) is 2.90. The minimum atomic E-state index is -0.872. The molecule has 1 aromatic carbocycles. The van der Waals surface area contributed by atoms with E-state index < -0.39 is 23.1 Å². The van der Waals surface area contributed by atoms with Gasteiger partial charge in [-0.2, -0.15) is 0 Å². The number of rotatable bonds is 3. The Morgan fingerprint density at radius 2 is 1.75 bits per heavy atom. The van der Waals surface area contributed by atoms with E-state index in [-0.39, 0.29) is 24.6 Å².